The molecule has 0 radical (unpaired) electrons. The molecule has 2 heteroatoms. The molecule has 2 saturated carbocycles. The van der Waals surface area contributed by atoms with Gasteiger partial charge in [0.15, 0.2) is 0 Å². The van der Waals surface area contributed by atoms with E-state index in [4.69, 9.17) is 0 Å². The molecule has 7 aromatic carbocycles. The third kappa shape index (κ3) is 5.60. The molecule has 7 aromatic rings. The average Bonchev–Trinajstić information content (AvgIpc) is 3.93. The second kappa shape index (κ2) is 14.4. The minimum absolute atomic E-state index is 0.0873. The molecule has 0 saturated heterocycles. The van der Waals surface area contributed by atoms with E-state index in [9.17, 15) is 0 Å². The first-order valence-corrected chi connectivity index (χ1v) is 23.3. The van der Waals surface area contributed by atoms with E-state index < -0.39 is 0 Å². The van der Waals surface area contributed by atoms with E-state index in [1.165, 1.54) is 119 Å². The van der Waals surface area contributed by atoms with Crippen molar-refractivity contribution in [1.29, 1.82) is 0 Å². The Labute approximate surface area is 362 Å². The fraction of sp³-hybridized carbons (Fsp3) is 0.288. The molecule has 0 aliphatic heterocycles. The van der Waals surface area contributed by atoms with E-state index in [2.05, 4.69) is 187 Å². The molecular formula is C59H56N2. The van der Waals surface area contributed by atoms with Crippen LogP contribution >= 0.6 is 0 Å². The SMILES string of the molecule is CC1(C)c2ccccc2-c2ccc(N(c3ccccc3)c3cccc4c3C35c6c(cccc6N(c6ccccc6)c6ccc(C7CCCCC7)cc6)CC3CCCC5C4)cc21. The molecule has 0 aromatic heterocycles. The molecule has 1 spiro atoms. The summed E-state index contributed by atoms with van der Waals surface area (Å²) in [5.41, 5.74) is 20.7. The number of benzene rings is 7. The third-order valence-corrected chi connectivity index (χ3v) is 16.0. The van der Waals surface area contributed by atoms with Gasteiger partial charge in [0.25, 0.3) is 0 Å². The highest BCUT2D eigenvalue weighted by Gasteiger charge is 2.60. The Bertz CT molecular complexity index is 2750. The Morgan fingerprint density at radius 3 is 1.57 bits per heavy atom. The second-order valence-electron chi connectivity index (χ2n) is 19.4. The minimum atomic E-state index is -0.107. The van der Waals surface area contributed by atoms with Gasteiger partial charge in [-0.2, -0.15) is 0 Å². The van der Waals surface area contributed by atoms with Crippen molar-refractivity contribution in [3.8, 4) is 11.1 Å². The Hall–Kier alpha value is -5.86. The molecule has 3 unspecified atom stereocenters. The van der Waals surface area contributed by atoms with Gasteiger partial charge in [0.2, 0.25) is 0 Å². The van der Waals surface area contributed by atoms with Gasteiger partial charge in [-0.25, -0.2) is 0 Å². The molecule has 302 valence electrons. The first-order chi connectivity index (χ1) is 30.0. The summed E-state index contributed by atoms with van der Waals surface area (Å²) < 4.78 is 0. The Balaban J connectivity index is 1.07. The summed E-state index contributed by atoms with van der Waals surface area (Å²) >= 11 is 0. The average molecular weight is 793 g/mol. The van der Waals surface area contributed by atoms with Crippen LogP contribution in [0, 0.1) is 11.8 Å². The zero-order valence-corrected chi connectivity index (χ0v) is 35.8. The van der Waals surface area contributed by atoms with E-state index in [0.717, 1.165) is 12.8 Å². The Morgan fingerprint density at radius 2 is 0.951 bits per heavy atom. The van der Waals surface area contributed by atoms with Gasteiger partial charge in [0, 0.05) is 33.6 Å². The van der Waals surface area contributed by atoms with Crippen LogP contribution in [0.5, 0.6) is 0 Å². The van der Waals surface area contributed by atoms with Crippen LogP contribution < -0.4 is 9.80 Å². The van der Waals surface area contributed by atoms with Crippen LogP contribution in [0.1, 0.15) is 110 Å². The molecular weight excluding hydrogens is 737 g/mol. The highest BCUT2D eigenvalue weighted by Crippen LogP contribution is 2.67. The van der Waals surface area contributed by atoms with Crippen molar-refractivity contribution in [3.05, 3.63) is 203 Å². The van der Waals surface area contributed by atoms with E-state index in [1.807, 2.05) is 0 Å². The van der Waals surface area contributed by atoms with Gasteiger partial charge in [0.1, 0.15) is 0 Å². The van der Waals surface area contributed by atoms with Crippen molar-refractivity contribution in [2.75, 3.05) is 9.80 Å². The molecule has 0 amide bonds. The first-order valence-electron chi connectivity index (χ1n) is 23.3. The largest absolute Gasteiger partial charge is 0.310 e. The summed E-state index contributed by atoms with van der Waals surface area (Å²) in [6.45, 7) is 4.81. The highest BCUT2D eigenvalue weighted by molar-refractivity contribution is 5.89. The summed E-state index contributed by atoms with van der Waals surface area (Å²) in [6.07, 6.45) is 12.8. The molecule has 2 fully saturated rings. The van der Waals surface area contributed by atoms with Crippen molar-refractivity contribution < 1.29 is 0 Å². The lowest BCUT2D eigenvalue weighted by molar-refractivity contribution is 0.177. The second-order valence-corrected chi connectivity index (χ2v) is 19.4. The monoisotopic (exact) mass is 792 g/mol. The summed E-state index contributed by atoms with van der Waals surface area (Å²) in [6, 6.07) is 63.1. The number of hydrogen-bond acceptors (Lipinski definition) is 2. The van der Waals surface area contributed by atoms with Crippen LogP contribution in [0.15, 0.2) is 164 Å². The smallest absolute Gasteiger partial charge is 0.0505 e. The summed E-state index contributed by atoms with van der Waals surface area (Å²) in [5, 5.41) is 0. The predicted molar refractivity (Wildman–Crippen MR) is 255 cm³/mol. The Morgan fingerprint density at radius 1 is 0.426 bits per heavy atom. The molecule has 3 atom stereocenters. The number of fused-ring (bicyclic) bond motifs is 5. The van der Waals surface area contributed by atoms with Gasteiger partial charge in [-0.1, -0.05) is 143 Å². The molecule has 61 heavy (non-hydrogen) atoms. The summed E-state index contributed by atoms with van der Waals surface area (Å²) in [4.78, 5) is 5.24. The zero-order chi connectivity index (χ0) is 40.7. The highest BCUT2D eigenvalue weighted by atomic mass is 15.2. The molecule has 12 rings (SSSR count). The van der Waals surface area contributed by atoms with E-state index in [-0.39, 0.29) is 10.8 Å². The number of para-hydroxylation sites is 2. The van der Waals surface area contributed by atoms with Gasteiger partial charge in [0.05, 0.1) is 11.4 Å². The van der Waals surface area contributed by atoms with E-state index in [0.29, 0.717) is 17.8 Å². The number of hydrogen-bond donors (Lipinski definition) is 0. The molecule has 0 bridgehead atoms. The van der Waals surface area contributed by atoms with Crippen LogP contribution in [-0.4, -0.2) is 0 Å². The lowest BCUT2D eigenvalue weighted by atomic mass is 9.58. The van der Waals surface area contributed by atoms with Crippen molar-refractivity contribution in [2.45, 2.75) is 94.8 Å². The standard InChI is InChI=1S/C59H56N2/c1-58(2)52-28-13-12-27-50(52)51-36-35-49(39-53(51)58)61(47-25-10-5-11-26-47)55-30-15-20-43-38-45-22-16-21-44-37-42-19-14-29-54(56(42)59(44,45)57(43)55)60(46-23-8-4-9-24-46)48-33-31-41(32-34-48)40-17-6-3-7-18-40/h4-5,8-15,19-20,23-36,39-40,44-45H,3,6-7,16-18,21-22,37-38H2,1-2H3. The zero-order valence-electron chi connectivity index (χ0n) is 35.8. The fourth-order valence-electron chi connectivity index (χ4n) is 13.4. The van der Waals surface area contributed by atoms with Crippen LogP contribution in [-0.2, 0) is 23.7 Å². The van der Waals surface area contributed by atoms with E-state index in [1.54, 1.807) is 16.7 Å². The van der Waals surface area contributed by atoms with Crippen LogP contribution in [0.3, 0.4) is 0 Å². The van der Waals surface area contributed by atoms with Crippen LogP contribution in [0.2, 0.25) is 0 Å². The topological polar surface area (TPSA) is 6.48 Å². The summed E-state index contributed by atoms with van der Waals surface area (Å²) in [5.74, 6) is 1.77. The quantitative estimate of drug-likeness (QED) is 0.159. The van der Waals surface area contributed by atoms with Crippen molar-refractivity contribution in [3.63, 3.8) is 0 Å². The maximum Gasteiger partial charge on any atom is 0.0505 e. The van der Waals surface area contributed by atoms with E-state index >= 15 is 0 Å². The molecule has 5 aliphatic carbocycles. The minimum Gasteiger partial charge on any atom is -0.310 e. The molecule has 0 N–H and O–H groups in total. The van der Waals surface area contributed by atoms with Gasteiger partial charge >= 0.3 is 0 Å². The normalized spacial score (nSPS) is 21.7. The Kier molecular flexibility index (Phi) is 8.70. The van der Waals surface area contributed by atoms with Gasteiger partial charge < -0.3 is 9.80 Å². The summed E-state index contributed by atoms with van der Waals surface area (Å²) in [7, 11) is 0. The number of rotatable bonds is 7. The lowest BCUT2D eigenvalue weighted by Crippen LogP contribution is -2.42. The van der Waals surface area contributed by atoms with Crippen molar-refractivity contribution in [1.82, 2.24) is 0 Å². The van der Waals surface area contributed by atoms with Gasteiger partial charge in [-0.3, -0.25) is 0 Å². The number of anilines is 6. The maximum atomic E-state index is 2.63. The van der Waals surface area contributed by atoms with Gasteiger partial charge in [-0.15, -0.1) is 0 Å². The predicted octanol–water partition coefficient (Wildman–Crippen LogP) is 15.8. The van der Waals surface area contributed by atoms with Crippen LogP contribution in [0.4, 0.5) is 34.1 Å². The molecule has 2 nitrogen and oxygen atoms in total. The first kappa shape index (κ1) is 36.9. The fourth-order valence-corrected chi connectivity index (χ4v) is 13.4. The molecule has 5 aliphatic rings. The van der Waals surface area contributed by atoms with Gasteiger partial charge in [-0.05, 0) is 167 Å². The van der Waals surface area contributed by atoms with Crippen molar-refractivity contribution in [2.24, 2.45) is 11.8 Å². The third-order valence-electron chi connectivity index (χ3n) is 16.0. The van der Waals surface area contributed by atoms with Crippen LogP contribution in [0.25, 0.3) is 11.1 Å². The number of nitrogens with zero attached hydrogens (tertiary/aromatic N) is 2. The lowest BCUT2D eigenvalue weighted by Gasteiger charge is -2.46. The maximum absolute atomic E-state index is 2.63. The van der Waals surface area contributed by atoms with Crippen molar-refractivity contribution >= 4 is 34.1 Å². The molecule has 0 heterocycles.